The summed E-state index contributed by atoms with van der Waals surface area (Å²) in [6, 6.07) is 11.0. The molecule has 0 radical (unpaired) electrons. The number of alkyl halides is 3. The van der Waals surface area contributed by atoms with Crippen molar-refractivity contribution in [3.8, 4) is 0 Å². The van der Waals surface area contributed by atoms with E-state index in [1.807, 2.05) is 0 Å². The van der Waals surface area contributed by atoms with Gasteiger partial charge in [-0.1, -0.05) is 30.3 Å². The maximum Gasteiger partial charge on any atom is 0.442 e. The van der Waals surface area contributed by atoms with Gasteiger partial charge in [0, 0.05) is 12.5 Å². The van der Waals surface area contributed by atoms with Crippen molar-refractivity contribution in [1.82, 2.24) is 10.2 Å². The molecule has 3 rings (SSSR count). The number of aliphatic imine (C=N–C) groups is 1. The first-order valence-corrected chi connectivity index (χ1v) is 7.60. The van der Waals surface area contributed by atoms with Crippen LogP contribution in [0.25, 0.3) is 0 Å². The van der Waals surface area contributed by atoms with Crippen molar-refractivity contribution in [2.24, 2.45) is 4.99 Å². The van der Waals surface area contributed by atoms with Crippen LogP contribution < -0.4 is 5.32 Å². The number of halogens is 3. The summed E-state index contributed by atoms with van der Waals surface area (Å²) in [6.07, 6.45) is -3.77. The van der Waals surface area contributed by atoms with Crippen molar-refractivity contribution in [3.05, 3.63) is 60.1 Å². The van der Waals surface area contributed by atoms with E-state index in [1.165, 1.54) is 24.5 Å². The van der Waals surface area contributed by atoms with Crippen molar-refractivity contribution in [2.45, 2.75) is 25.3 Å². The van der Waals surface area contributed by atoms with Crippen LogP contribution in [0, 0.1) is 0 Å². The number of nitrogens with one attached hydrogen (secondary N) is 1. The Bertz CT molecular complexity index is 847. The number of furan rings is 1. The minimum atomic E-state index is -5.12. The summed E-state index contributed by atoms with van der Waals surface area (Å²) in [5, 5.41) is 1.68. The highest BCUT2D eigenvalue weighted by Gasteiger charge is 2.67. The maximum atomic E-state index is 13.8. The summed E-state index contributed by atoms with van der Waals surface area (Å²) < 4.78 is 46.5. The van der Waals surface area contributed by atoms with Crippen LogP contribution >= 0.6 is 0 Å². The third-order valence-electron chi connectivity index (χ3n) is 3.78. The van der Waals surface area contributed by atoms with E-state index in [1.54, 1.807) is 29.6 Å². The summed E-state index contributed by atoms with van der Waals surface area (Å²) in [7, 11) is 0. The quantitative estimate of drug-likeness (QED) is 0.905. The van der Waals surface area contributed by atoms with Gasteiger partial charge in [0.25, 0.3) is 5.91 Å². The molecule has 136 valence electrons. The molecule has 1 aromatic carbocycles. The molecular weight excluding hydrogens is 351 g/mol. The lowest BCUT2D eigenvalue weighted by Gasteiger charge is -2.28. The lowest BCUT2D eigenvalue weighted by atomic mass is 10.1. The molecule has 0 spiro atoms. The fourth-order valence-electron chi connectivity index (χ4n) is 2.66. The summed E-state index contributed by atoms with van der Waals surface area (Å²) >= 11 is 0. The predicted octanol–water partition coefficient (Wildman–Crippen LogP) is 2.46. The second-order valence-corrected chi connectivity index (χ2v) is 5.66. The zero-order valence-corrected chi connectivity index (χ0v) is 13.6. The molecule has 26 heavy (non-hydrogen) atoms. The number of carbonyl (C=O) groups is 2. The van der Waals surface area contributed by atoms with Crippen molar-refractivity contribution in [1.29, 1.82) is 0 Å². The summed E-state index contributed by atoms with van der Waals surface area (Å²) in [5.41, 5.74) is -3.06. The van der Waals surface area contributed by atoms with E-state index in [0.29, 0.717) is 5.56 Å². The van der Waals surface area contributed by atoms with Gasteiger partial charge in [0.15, 0.2) is 0 Å². The zero-order valence-electron chi connectivity index (χ0n) is 13.6. The third-order valence-corrected chi connectivity index (χ3v) is 3.78. The molecule has 1 aromatic heterocycles. The van der Waals surface area contributed by atoms with Crippen LogP contribution in [-0.2, 0) is 16.1 Å². The van der Waals surface area contributed by atoms with Crippen molar-refractivity contribution in [3.63, 3.8) is 0 Å². The number of hydrogen-bond acceptors (Lipinski definition) is 4. The van der Waals surface area contributed by atoms with E-state index in [9.17, 15) is 22.8 Å². The van der Waals surface area contributed by atoms with Crippen LogP contribution in [0.4, 0.5) is 13.2 Å². The average molecular weight is 365 g/mol. The lowest BCUT2D eigenvalue weighted by Crippen LogP contribution is -2.62. The number of rotatable bonds is 4. The molecule has 0 unspecified atom stereocenters. The molecule has 6 nitrogen and oxygen atoms in total. The van der Waals surface area contributed by atoms with Gasteiger partial charge in [-0.05, 0) is 12.1 Å². The molecule has 9 heteroatoms. The van der Waals surface area contributed by atoms with Gasteiger partial charge in [0.05, 0.1) is 12.8 Å². The Balaban J connectivity index is 2.13. The topological polar surface area (TPSA) is 74.9 Å². The van der Waals surface area contributed by atoms with Crippen LogP contribution in [0.5, 0.6) is 0 Å². The number of carbonyl (C=O) groups excluding carboxylic acids is 2. The standard InChI is InChI=1S/C17H14F3N3O3/c1-11(24)21-16(17(18,19)20)15(25)23(10-13-8-5-9-26-13)14(22-16)12-6-3-2-4-7-12/h2-9H,10H2,1H3,(H,21,24)/t16-/m1/s1. The molecule has 0 saturated carbocycles. The first kappa shape index (κ1) is 17.7. The highest BCUT2D eigenvalue weighted by Crippen LogP contribution is 2.38. The summed E-state index contributed by atoms with van der Waals surface area (Å²) in [4.78, 5) is 28.6. The normalized spacial score (nSPS) is 20.2. The predicted molar refractivity (Wildman–Crippen MR) is 84.8 cm³/mol. The van der Waals surface area contributed by atoms with Gasteiger partial charge in [0.2, 0.25) is 5.91 Å². The number of hydrogen-bond donors (Lipinski definition) is 1. The number of benzene rings is 1. The van der Waals surface area contributed by atoms with Crippen molar-refractivity contribution < 1.29 is 27.2 Å². The largest absolute Gasteiger partial charge is 0.467 e. The van der Waals surface area contributed by atoms with Gasteiger partial charge in [-0.25, -0.2) is 4.99 Å². The van der Waals surface area contributed by atoms with Crippen LogP contribution in [0.15, 0.2) is 58.1 Å². The molecule has 2 amide bonds. The Kier molecular flexibility index (Phi) is 4.31. The Hall–Kier alpha value is -3.10. The second-order valence-electron chi connectivity index (χ2n) is 5.66. The molecule has 2 aromatic rings. The molecule has 1 atom stereocenters. The molecule has 2 heterocycles. The van der Waals surface area contributed by atoms with Crippen LogP contribution in [0.1, 0.15) is 18.2 Å². The summed E-state index contributed by atoms with van der Waals surface area (Å²) in [6.45, 7) is 0.643. The van der Waals surface area contributed by atoms with Crippen molar-refractivity contribution >= 4 is 17.6 Å². The molecule has 0 aliphatic carbocycles. The van der Waals surface area contributed by atoms with E-state index in [4.69, 9.17) is 4.42 Å². The molecule has 1 N–H and O–H groups in total. The van der Waals surface area contributed by atoms with Crippen molar-refractivity contribution in [2.75, 3.05) is 0 Å². The number of nitrogens with zero attached hydrogens (tertiary/aromatic N) is 2. The van der Waals surface area contributed by atoms with Crippen LogP contribution in [0.2, 0.25) is 0 Å². The van der Waals surface area contributed by atoms with E-state index >= 15 is 0 Å². The monoisotopic (exact) mass is 365 g/mol. The maximum absolute atomic E-state index is 13.8. The molecule has 0 saturated heterocycles. The molecular formula is C17H14F3N3O3. The Labute approximate surface area is 146 Å². The van der Waals surface area contributed by atoms with E-state index < -0.39 is 23.7 Å². The average Bonchev–Trinajstić information content (AvgIpc) is 3.17. The molecule has 1 aliphatic heterocycles. The van der Waals surface area contributed by atoms with Crippen LogP contribution in [-0.4, -0.2) is 34.4 Å². The van der Waals surface area contributed by atoms with Crippen LogP contribution in [0.3, 0.4) is 0 Å². The highest BCUT2D eigenvalue weighted by atomic mass is 19.4. The minimum Gasteiger partial charge on any atom is -0.467 e. The third kappa shape index (κ3) is 2.96. The first-order chi connectivity index (χ1) is 12.2. The van der Waals surface area contributed by atoms with Gasteiger partial charge < -0.3 is 9.73 Å². The van der Waals surface area contributed by atoms with E-state index in [2.05, 4.69) is 4.99 Å². The molecule has 1 aliphatic rings. The number of amides is 2. The lowest BCUT2D eigenvalue weighted by molar-refractivity contribution is -0.200. The van der Waals surface area contributed by atoms with Gasteiger partial charge in [-0.2, -0.15) is 13.2 Å². The van der Waals surface area contributed by atoms with Gasteiger partial charge in [-0.3, -0.25) is 14.5 Å². The SMILES string of the molecule is CC(=O)N[C@@]1(C(F)(F)F)N=C(c2ccccc2)N(Cc2ccco2)C1=O. The first-order valence-electron chi connectivity index (χ1n) is 7.60. The van der Waals surface area contributed by atoms with Gasteiger partial charge in [-0.15, -0.1) is 0 Å². The smallest absolute Gasteiger partial charge is 0.442 e. The Morgan fingerprint density at radius 3 is 2.46 bits per heavy atom. The van der Waals surface area contributed by atoms with E-state index in [-0.39, 0.29) is 18.1 Å². The van der Waals surface area contributed by atoms with Gasteiger partial charge in [0.1, 0.15) is 11.6 Å². The Morgan fingerprint density at radius 1 is 1.23 bits per heavy atom. The Morgan fingerprint density at radius 2 is 1.92 bits per heavy atom. The zero-order chi connectivity index (χ0) is 18.9. The highest BCUT2D eigenvalue weighted by molar-refractivity contribution is 6.16. The minimum absolute atomic E-state index is 0.196. The number of amidine groups is 1. The molecule has 0 fully saturated rings. The fraction of sp³-hybridized carbons (Fsp3) is 0.235. The van der Waals surface area contributed by atoms with E-state index in [0.717, 1.165) is 11.8 Å². The summed E-state index contributed by atoms with van der Waals surface area (Å²) in [5.74, 6) is -2.33. The molecule has 0 bridgehead atoms. The van der Waals surface area contributed by atoms with Gasteiger partial charge >= 0.3 is 11.8 Å². The second kappa shape index (κ2) is 6.32. The fourth-order valence-corrected chi connectivity index (χ4v) is 2.66.